The molecular weight excluding hydrogens is 315 g/mol. The highest BCUT2D eigenvalue weighted by Crippen LogP contribution is 2.34. The summed E-state index contributed by atoms with van der Waals surface area (Å²) in [6.45, 7) is 1.38. The molecule has 0 amide bonds. The van der Waals surface area contributed by atoms with Crippen LogP contribution in [-0.2, 0) is 0 Å². The molecule has 0 saturated carbocycles. The average molecular weight is 333 g/mol. The van der Waals surface area contributed by atoms with Gasteiger partial charge in [-0.2, -0.15) is 0 Å². The maximum Gasteiger partial charge on any atom is 0.174 e. The Bertz CT molecular complexity index is 528. The van der Waals surface area contributed by atoms with E-state index in [1.807, 2.05) is 6.07 Å². The molecule has 2 aromatic rings. The van der Waals surface area contributed by atoms with Crippen molar-refractivity contribution in [2.45, 2.75) is 19.3 Å². The molecule has 0 aliphatic rings. The van der Waals surface area contributed by atoms with E-state index in [1.165, 1.54) is 10.1 Å². The average Bonchev–Trinajstić information content (AvgIpc) is 2.86. The van der Waals surface area contributed by atoms with Gasteiger partial charge in [-0.25, -0.2) is 0 Å². The van der Waals surface area contributed by atoms with Gasteiger partial charge in [-0.3, -0.25) is 0 Å². The Labute approximate surface area is 133 Å². The largest absolute Gasteiger partial charge is 0.494 e. The van der Waals surface area contributed by atoms with E-state index in [9.17, 15) is 0 Å². The third kappa shape index (κ3) is 4.72. The number of unbranched alkanes of at least 4 members (excludes halogenated alkanes) is 1. The summed E-state index contributed by atoms with van der Waals surface area (Å²) >= 11 is 12.9. The quantitative estimate of drug-likeness (QED) is 0.457. The monoisotopic (exact) mass is 332 g/mol. The molecule has 0 N–H and O–H groups in total. The minimum absolute atomic E-state index is 0.627. The standard InChI is InChI=1S/C15H18Cl2O2S/c16-6-1-2-8-19-15-10-12-4-5-13(11-14(12)20-15)18-9-3-7-17/h4-5,10-11H,1-3,6-9H2. The molecule has 2 rings (SSSR count). The van der Waals surface area contributed by atoms with E-state index in [0.29, 0.717) is 18.4 Å². The van der Waals surface area contributed by atoms with Gasteiger partial charge in [0.25, 0.3) is 0 Å². The van der Waals surface area contributed by atoms with Crippen LogP contribution in [0.3, 0.4) is 0 Å². The van der Waals surface area contributed by atoms with Crippen molar-refractivity contribution in [1.82, 2.24) is 0 Å². The molecule has 110 valence electrons. The number of thiophene rings is 1. The lowest BCUT2D eigenvalue weighted by molar-refractivity contribution is 0.318. The highest BCUT2D eigenvalue weighted by Gasteiger charge is 2.04. The van der Waals surface area contributed by atoms with Crippen LogP contribution in [0.5, 0.6) is 10.8 Å². The van der Waals surface area contributed by atoms with E-state index in [4.69, 9.17) is 32.7 Å². The van der Waals surface area contributed by atoms with Crippen molar-refractivity contribution < 1.29 is 9.47 Å². The molecule has 5 heteroatoms. The molecule has 0 aliphatic heterocycles. The zero-order valence-corrected chi connectivity index (χ0v) is 13.6. The van der Waals surface area contributed by atoms with Crippen LogP contribution in [0.4, 0.5) is 0 Å². The number of ether oxygens (including phenoxy) is 2. The van der Waals surface area contributed by atoms with Gasteiger partial charge >= 0.3 is 0 Å². The Morgan fingerprint density at radius 1 is 0.900 bits per heavy atom. The van der Waals surface area contributed by atoms with E-state index >= 15 is 0 Å². The Kier molecular flexibility index (Phi) is 6.77. The smallest absolute Gasteiger partial charge is 0.174 e. The second-order valence-electron chi connectivity index (χ2n) is 4.40. The molecule has 1 heterocycles. The predicted molar refractivity (Wildman–Crippen MR) is 88.1 cm³/mol. The first kappa shape index (κ1) is 15.7. The van der Waals surface area contributed by atoms with Crippen LogP contribution in [0.2, 0.25) is 0 Å². The number of halogens is 2. The Morgan fingerprint density at radius 2 is 1.70 bits per heavy atom. The van der Waals surface area contributed by atoms with Crippen molar-refractivity contribution in [3.8, 4) is 10.8 Å². The van der Waals surface area contributed by atoms with Crippen LogP contribution >= 0.6 is 34.5 Å². The minimum atomic E-state index is 0.627. The van der Waals surface area contributed by atoms with Crippen LogP contribution in [0.15, 0.2) is 24.3 Å². The van der Waals surface area contributed by atoms with Gasteiger partial charge in [0.1, 0.15) is 5.75 Å². The maximum atomic E-state index is 5.73. The molecule has 0 saturated heterocycles. The first-order valence-electron chi connectivity index (χ1n) is 6.74. The first-order chi connectivity index (χ1) is 9.83. The van der Waals surface area contributed by atoms with Crippen LogP contribution in [0, 0.1) is 0 Å². The van der Waals surface area contributed by atoms with Gasteiger partial charge in [0.15, 0.2) is 5.06 Å². The van der Waals surface area contributed by atoms with Crippen molar-refractivity contribution in [3.63, 3.8) is 0 Å². The summed E-state index contributed by atoms with van der Waals surface area (Å²) in [5.41, 5.74) is 0. The summed E-state index contributed by atoms with van der Waals surface area (Å²) < 4.78 is 12.6. The third-order valence-electron chi connectivity index (χ3n) is 2.79. The van der Waals surface area contributed by atoms with Crippen molar-refractivity contribution in [1.29, 1.82) is 0 Å². The molecule has 0 spiro atoms. The molecular formula is C15H18Cl2O2S. The molecule has 0 unspecified atom stereocenters. The summed E-state index contributed by atoms with van der Waals surface area (Å²) in [5.74, 6) is 2.21. The molecule has 0 radical (unpaired) electrons. The predicted octanol–water partition coefficient (Wildman–Crippen LogP) is 5.31. The highest BCUT2D eigenvalue weighted by molar-refractivity contribution is 7.20. The summed E-state index contributed by atoms with van der Waals surface area (Å²) in [7, 11) is 0. The fourth-order valence-corrected chi connectivity index (χ4v) is 3.02. The SMILES string of the molecule is ClCCCCOc1cc2ccc(OCCCCl)cc2s1. The topological polar surface area (TPSA) is 18.5 Å². The van der Waals surface area contributed by atoms with Crippen molar-refractivity contribution in [3.05, 3.63) is 24.3 Å². The zero-order valence-electron chi connectivity index (χ0n) is 11.2. The number of fused-ring (bicyclic) bond motifs is 1. The van der Waals surface area contributed by atoms with E-state index in [0.717, 1.165) is 36.7 Å². The fraction of sp³-hybridized carbons (Fsp3) is 0.467. The van der Waals surface area contributed by atoms with Crippen molar-refractivity contribution in [2.75, 3.05) is 25.0 Å². The molecule has 0 atom stereocenters. The van der Waals surface area contributed by atoms with Crippen LogP contribution in [-0.4, -0.2) is 25.0 Å². The van der Waals surface area contributed by atoms with Crippen molar-refractivity contribution in [2.24, 2.45) is 0 Å². The van der Waals surface area contributed by atoms with E-state index in [1.54, 1.807) is 11.3 Å². The normalized spacial score (nSPS) is 10.9. The number of alkyl halides is 2. The van der Waals surface area contributed by atoms with E-state index < -0.39 is 0 Å². The van der Waals surface area contributed by atoms with E-state index in [2.05, 4.69) is 18.2 Å². The summed E-state index contributed by atoms with van der Waals surface area (Å²) in [6.07, 6.45) is 2.84. The highest BCUT2D eigenvalue weighted by atomic mass is 35.5. The number of rotatable bonds is 9. The van der Waals surface area contributed by atoms with Gasteiger partial charge in [-0.15, -0.1) is 23.2 Å². The van der Waals surface area contributed by atoms with Crippen LogP contribution in [0.25, 0.3) is 10.1 Å². The lowest BCUT2D eigenvalue weighted by Crippen LogP contribution is -1.97. The third-order valence-corrected chi connectivity index (χ3v) is 4.33. The molecule has 2 nitrogen and oxygen atoms in total. The summed E-state index contributed by atoms with van der Waals surface area (Å²) in [4.78, 5) is 0. The Balaban J connectivity index is 1.94. The molecule has 0 bridgehead atoms. The number of benzene rings is 1. The second-order valence-corrected chi connectivity index (χ2v) is 6.20. The molecule has 0 fully saturated rings. The fourth-order valence-electron chi connectivity index (χ4n) is 1.76. The van der Waals surface area contributed by atoms with Gasteiger partial charge in [-0.05, 0) is 48.9 Å². The van der Waals surface area contributed by atoms with Gasteiger partial charge in [0.05, 0.1) is 13.2 Å². The first-order valence-corrected chi connectivity index (χ1v) is 8.63. The Morgan fingerprint density at radius 3 is 2.50 bits per heavy atom. The number of hydrogen-bond acceptors (Lipinski definition) is 3. The van der Waals surface area contributed by atoms with E-state index in [-0.39, 0.29) is 0 Å². The maximum absolute atomic E-state index is 5.73. The minimum Gasteiger partial charge on any atom is -0.494 e. The molecule has 0 aliphatic carbocycles. The van der Waals surface area contributed by atoms with Gasteiger partial charge in [0.2, 0.25) is 0 Å². The Hall–Kier alpha value is -0.640. The summed E-state index contributed by atoms with van der Waals surface area (Å²) in [5, 5.41) is 2.14. The zero-order chi connectivity index (χ0) is 14.2. The lowest BCUT2D eigenvalue weighted by atomic mass is 10.2. The van der Waals surface area contributed by atoms with Gasteiger partial charge in [-0.1, -0.05) is 11.3 Å². The summed E-state index contributed by atoms with van der Waals surface area (Å²) in [6, 6.07) is 8.18. The molecule has 1 aromatic heterocycles. The van der Waals surface area contributed by atoms with Gasteiger partial charge < -0.3 is 9.47 Å². The molecule has 1 aromatic carbocycles. The molecule has 20 heavy (non-hydrogen) atoms. The second kappa shape index (κ2) is 8.60. The lowest BCUT2D eigenvalue weighted by Gasteiger charge is -2.04. The van der Waals surface area contributed by atoms with Crippen LogP contribution in [0.1, 0.15) is 19.3 Å². The number of hydrogen-bond donors (Lipinski definition) is 0. The van der Waals surface area contributed by atoms with Crippen LogP contribution < -0.4 is 9.47 Å². The van der Waals surface area contributed by atoms with Gasteiger partial charge in [0, 0.05) is 16.5 Å². The van der Waals surface area contributed by atoms with Crippen molar-refractivity contribution >= 4 is 44.6 Å².